The van der Waals surface area contributed by atoms with E-state index in [1.54, 1.807) is 0 Å². The highest BCUT2D eigenvalue weighted by Gasteiger charge is 2.06. The highest BCUT2D eigenvalue weighted by molar-refractivity contribution is 5.99. The lowest BCUT2D eigenvalue weighted by molar-refractivity contribution is 0.262. The van der Waals surface area contributed by atoms with Gasteiger partial charge in [-0.2, -0.15) is 4.98 Å². The van der Waals surface area contributed by atoms with Gasteiger partial charge in [-0.05, 0) is 74.4 Å². The van der Waals surface area contributed by atoms with E-state index in [4.69, 9.17) is 0 Å². The van der Waals surface area contributed by atoms with Crippen LogP contribution in [0.25, 0.3) is 0 Å². The summed E-state index contributed by atoms with van der Waals surface area (Å²) in [5, 5.41) is 12.2. The second kappa shape index (κ2) is 10.5. The van der Waals surface area contributed by atoms with Crippen LogP contribution in [0.15, 0.2) is 78.9 Å². The lowest BCUT2D eigenvalue weighted by Gasteiger charge is -2.11. The first-order valence-corrected chi connectivity index (χ1v) is 11.2. The molecule has 7 nitrogen and oxygen atoms in total. The van der Waals surface area contributed by atoms with Gasteiger partial charge in [0, 0.05) is 34.5 Å². The number of urea groups is 1. The zero-order chi connectivity index (χ0) is 23.9. The van der Waals surface area contributed by atoms with Gasteiger partial charge in [-0.1, -0.05) is 36.8 Å². The molecular formula is C27H28N6O. The molecule has 4 aromatic rings. The Bertz CT molecular complexity index is 1250. The number of anilines is 6. The van der Waals surface area contributed by atoms with Gasteiger partial charge in [0.25, 0.3) is 0 Å². The predicted octanol–water partition coefficient (Wildman–Crippen LogP) is 6.79. The van der Waals surface area contributed by atoms with E-state index in [1.165, 1.54) is 11.1 Å². The maximum absolute atomic E-state index is 12.3. The van der Waals surface area contributed by atoms with Crippen LogP contribution in [0.1, 0.15) is 23.7 Å². The summed E-state index contributed by atoms with van der Waals surface area (Å²) in [6.45, 7) is 6.08. The summed E-state index contributed by atoms with van der Waals surface area (Å²) in [4.78, 5) is 21.3. The van der Waals surface area contributed by atoms with Gasteiger partial charge in [0.1, 0.15) is 5.82 Å². The van der Waals surface area contributed by atoms with Gasteiger partial charge in [-0.15, -0.1) is 0 Å². The van der Waals surface area contributed by atoms with E-state index in [0.29, 0.717) is 17.5 Å². The van der Waals surface area contributed by atoms with Crippen LogP contribution in [0.5, 0.6) is 0 Å². The van der Waals surface area contributed by atoms with Crippen molar-refractivity contribution in [2.45, 2.75) is 27.2 Å². The third-order valence-electron chi connectivity index (χ3n) is 5.20. The molecule has 4 rings (SSSR count). The molecule has 0 spiro atoms. The molecule has 0 radical (unpaired) electrons. The number of carbonyl (C=O) groups is 1. The number of hydrogen-bond donors (Lipinski definition) is 4. The molecule has 0 unspecified atom stereocenters. The fourth-order valence-electron chi connectivity index (χ4n) is 3.36. The summed E-state index contributed by atoms with van der Waals surface area (Å²) in [5.74, 6) is 1.20. The van der Waals surface area contributed by atoms with Crippen molar-refractivity contribution in [3.8, 4) is 0 Å². The quantitative estimate of drug-likeness (QED) is 0.248. The molecule has 0 aliphatic heterocycles. The molecule has 0 aliphatic rings. The Morgan fingerprint density at radius 1 is 0.706 bits per heavy atom. The first kappa shape index (κ1) is 22.8. The molecule has 3 aromatic carbocycles. The third-order valence-corrected chi connectivity index (χ3v) is 5.20. The Morgan fingerprint density at radius 3 is 1.85 bits per heavy atom. The fraction of sp³-hybridized carbons (Fsp3) is 0.148. The summed E-state index contributed by atoms with van der Waals surface area (Å²) in [6.07, 6.45) is 0.963. The number of nitrogens with one attached hydrogen (secondary N) is 4. The first-order valence-electron chi connectivity index (χ1n) is 11.2. The number of hydrogen-bond acceptors (Lipinski definition) is 5. The van der Waals surface area contributed by atoms with Crippen molar-refractivity contribution in [1.29, 1.82) is 0 Å². The van der Waals surface area contributed by atoms with Crippen LogP contribution in [0.2, 0.25) is 0 Å². The Morgan fingerprint density at radius 2 is 1.24 bits per heavy atom. The lowest BCUT2D eigenvalue weighted by Crippen LogP contribution is -2.19. The van der Waals surface area contributed by atoms with E-state index in [-0.39, 0.29) is 6.03 Å². The summed E-state index contributed by atoms with van der Waals surface area (Å²) in [5.41, 5.74) is 6.48. The van der Waals surface area contributed by atoms with Crippen molar-refractivity contribution >= 4 is 40.5 Å². The number of amides is 2. The zero-order valence-corrected chi connectivity index (χ0v) is 19.5. The van der Waals surface area contributed by atoms with Crippen LogP contribution in [-0.4, -0.2) is 16.0 Å². The second-order valence-corrected chi connectivity index (χ2v) is 8.04. The minimum Gasteiger partial charge on any atom is -0.340 e. The van der Waals surface area contributed by atoms with Crippen LogP contribution >= 0.6 is 0 Å². The topological polar surface area (TPSA) is 91.0 Å². The van der Waals surface area contributed by atoms with Gasteiger partial charge in [-0.3, -0.25) is 0 Å². The molecule has 1 aromatic heterocycles. The molecule has 0 aliphatic carbocycles. The fourth-order valence-corrected chi connectivity index (χ4v) is 3.36. The van der Waals surface area contributed by atoms with Crippen LogP contribution in [-0.2, 0) is 6.42 Å². The largest absolute Gasteiger partial charge is 0.340 e. The number of aromatic nitrogens is 2. The van der Waals surface area contributed by atoms with E-state index in [1.807, 2.05) is 85.8 Å². The Labute approximate surface area is 199 Å². The maximum atomic E-state index is 12.3. The van der Waals surface area contributed by atoms with Gasteiger partial charge >= 0.3 is 6.03 Å². The van der Waals surface area contributed by atoms with Crippen molar-refractivity contribution < 1.29 is 4.79 Å². The van der Waals surface area contributed by atoms with Gasteiger partial charge < -0.3 is 21.3 Å². The van der Waals surface area contributed by atoms with Crippen molar-refractivity contribution in [3.63, 3.8) is 0 Å². The molecular weight excluding hydrogens is 424 g/mol. The smallest absolute Gasteiger partial charge is 0.323 e. The summed E-state index contributed by atoms with van der Waals surface area (Å²) >= 11 is 0. The highest BCUT2D eigenvalue weighted by Crippen LogP contribution is 2.21. The van der Waals surface area contributed by atoms with E-state index >= 15 is 0 Å². The van der Waals surface area contributed by atoms with Crippen LogP contribution in [0.3, 0.4) is 0 Å². The Kier molecular flexibility index (Phi) is 7.03. The molecule has 172 valence electrons. The number of nitrogens with zero attached hydrogens (tertiary/aromatic N) is 2. The van der Waals surface area contributed by atoms with Gasteiger partial charge in [0.05, 0.1) is 0 Å². The molecule has 0 fully saturated rings. The van der Waals surface area contributed by atoms with Gasteiger partial charge in [0.2, 0.25) is 5.95 Å². The molecule has 0 atom stereocenters. The van der Waals surface area contributed by atoms with E-state index < -0.39 is 0 Å². The molecule has 0 saturated carbocycles. The Hall–Kier alpha value is -4.39. The average Bonchev–Trinajstić information content (AvgIpc) is 2.82. The zero-order valence-electron chi connectivity index (χ0n) is 19.5. The number of carbonyl (C=O) groups excluding carboxylic acids is 1. The number of aryl methyl sites for hydroxylation is 3. The Balaban J connectivity index is 1.36. The van der Waals surface area contributed by atoms with Crippen molar-refractivity contribution in [2.75, 3.05) is 21.3 Å². The van der Waals surface area contributed by atoms with E-state index in [0.717, 1.165) is 29.2 Å². The molecule has 4 N–H and O–H groups in total. The first-order chi connectivity index (χ1) is 16.5. The van der Waals surface area contributed by atoms with Crippen LogP contribution in [0, 0.1) is 13.8 Å². The molecule has 0 saturated heterocycles. The molecule has 0 bridgehead atoms. The lowest BCUT2D eigenvalue weighted by atomic mass is 10.1. The minimum absolute atomic E-state index is 0.293. The van der Waals surface area contributed by atoms with Crippen molar-refractivity contribution in [2.24, 2.45) is 0 Å². The standard InChI is InChI=1S/C27H28N6O/c1-4-20-7-11-23(12-8-20)31-27(34)32-24-15-13-22(14-16-24)30-26-28-19(3)17-25(33-26)29-21-9-5-18(2)6-10-21/h5-17H,4H2,1-3H3,(H2,31,32,34)(H2,28,29,30,33). The summed E-state index contributed by atoms with van der Waals surface area (Å²) in [6, 6.07) is 24.9. The second-order valence-electron chi connectivity index (χ2n) is 8.04. The minimum atomic E-state index is -0.293. The van der Waals surface area contributed by atoms with Gasteiger partial charge in [-0.25, -0.2) is 9.78 Å². The van der Waals surface area contributed by atoms with E-state index in [9.17, 15) is 4.79 Å². The monoisotopic (exact) mass is 452 g/mol. The number of rotatable bonds is 7. The third kappa shape index (κ3) is 6.32. The summed E-state index contributed by atoms with van der Waals surface area (Å²) < 4.78 is 0. The SMILES string of the molecule is CCc1ccc(NC(=O)Nc2ccc(Nc3nc(C)cc(Nc4ccc(C)cc4)n3)cc2)cc1. The molecule has 2 amide bonds. The highest BCUT2D eigenvalue weighted by atomic mass is 16.2. The van der Waals surface area contributed by atoms with Crippen LogP contribution in [0.4, 0.5) is 39.3 Å². The molecule has 1 heterocycles. The predicted molar refractivity (Wildman–Crippen MR) is 139 cm³/mol. The van der Waals surface area contributed by atoms with Crippen LogP contribution < -0.4 is 21.3 Å². The van der Waals surface area contributed by atoms with E-state index in [2.05, 4.69) is 45.1 Å². The van der Waals surface area contributed by atoms with Crippen molar-refractivity contribution in [1.82, 2.24) is 9.97 Å². The van der Waals surface area contributed by atoms with Gasteiger partial charge in [0.15, 0.2) is 0 Å². The molecule has 34 heavy (non-hydrogen) atoms. The van der Waals surface area contributed by atoms with Crippen molar-refractivity contribution in [3.05, 3.63) is 95.7 Å². The molecule has 7 heteroatoms. The number of benzene rings is 3. The maximum Gasteiger partial charge on any atom is 0.323 e. The normalized spacial score (nSPS) is 10.4. The summed E-state index contributed by atoms with van der Waals surface area (Å²) in [7, 11) is 0. The average molecular weight is 453 g/mol.